The maximum absolute atomic E-state index is 14.2. The van der Waals surface area contributed by atoms with Crippen molar-refractivity contribution in [2.45, 2.75) is 25.2 Å². The van der Waals surface area contributed by atoms with Gasteiger partial charge in [0.15, 0.2) is 5.82 Å². The SMILES string of the molecule is CSCc1cc(OC(C)CCOc2cc(F)ccc2-c2nc(Cl)ncc2F)cc([N+](=O)[O-])c1. The number of rotatable bonds is 10. The summed E-state index contributed by atoms with van der Waals surface area (Å²) in [5, 5.41) is 11.0. The van der Waals surface area contributed by atoms with Crippen LogP contribution in [0.3, 0.4) is 0 Å². The van der Waals surface area contributed by atoms with Crippen molar-refractivity contribution in [2.75, 3.05) is 12.9 Å². The van der Waals surface area contributed by atoms with Crippen LogP contribution in [0.15, 0.2) is 42.6 Å². The Balaban J connectivity index is 1.69. The maximum atomic E-state index is 14.2. The predicted molar refractivity (Wildman–Crippen MR) is 123 cm³/mol. The smallest absolute Gasteiger partial charge is 0.273 e. The first-order valence-corrected chi connectivity index (χ1v) is 11.6. The third-order valence-corrected chi connectivity index (χ3v) is 5.31. The highest BCUT2D eigenvalue weighted by Crippen LogP contribution is 2.32. The van der Waals surface area contributed by atoms with Gasteiger partial charge in [-0.25, -0.2) is 18.7 Å². The van der Waals surface area contributed by atoms with E-state index in [-0.39, 0.29) is 40.7 Å². The third kappa shape index (κ3) is 6.75. The molecule has 0 radical (unpaired) electrons. The number of thioether (sulfide) groups is 1. The lowest BCUT2D eigenvalue weighted by Gasteiger charge is -2.17. The van der Waals surface area contributed by atoms with Crippen LogP contribution < -0.4 is 9.47 Å². The highest BCUT2D eigenvalue weighted by Gasteiger charge is 2.17. The number of ether oxygens (including phenoxy) is 2. The van der Waals surface area contributed by atoms with Crippen molar-refractivity contribution in [2.24, 2.45) is 0 Å². The summed E-state index contributed by atoms with van der Waals surface area (Å²) in [4.78, 5) is 18.2. The Kier molecular flexibility index (Phi) is 8.40. The van der Waals surface area contributed by atoms with Crippen LogP contribution in [0.1, 0.15) is 18.9 Å². The minimum atomic E-state index is -0.723. The molecule has 1 unspecified atom stereocenters. The first kappa shape index (κ1) is 24.7. The summed E-state index contributed by atoms with van der Waals surface area (Å²) < 4.78 is 39.5. The molecule has 0 bridgehead atoms. The van der Waals surface area contributed by atoms with Crippen LogP contribution in [0.2, 0.25) is 5.28 Å². The molecule has 0 aliphatic carbocycles. The van der Waals surface area contributed by atoms with E-state index in [4.69, 9.17) is 21.1 Å². The van der Waals surface area contributed by atoms with Crippen LogP contribution >= 0.6 is 23.4 Å². The van der Waals surface area contributed by atoms with Gasteiger partial charge in [0.2, 0.25) is 5.28 Å². The van der Waals surface area contributed by atoms with Crippen LogP contribution in [0.4, 0.5) is 14.5 Å². The molecule has 0 N–H and O–H groups in total. The molecule has 2 aromatic carbocycles. The first-order valence-electron chi connectivity index (χ1n) is 9.81. The highest BCUT2D eigenvalue weighted by molar-refractivity contribution is 7.97. The van der Waals surface area contributed by atoms with Gasteiger partial charge in [-0.1, -0.05) is 0 Å². The first-order chi connectivity index (χ1) is 15.8. The van der Waals surface area contributed by atoms with Crippen molar-refractivity contribution in [3.8, 4) is 22.8 Å². The molecule has 0 amide bonds. The molecular formula is C22H20ClF2N3O4S. The number of nitro groups is 1. The van der Waals surface area contributed by atoms with Crippen molar-refractivity contribution in [1.82, 2.24) is 9.97 Å². The van der Waals surface area contributed by atoms with Crippen LogP contribution in [0.5, 0.6) is 11.5 Å². The van der Waals surface area contributed by atoms with Gasteiger partial charge in [0.05, 0.1) is 29.9 Å². The second-order valence-electron chi connectivity index (χ2n) is 7.07. The Morgan fingerprint density at radius 1 is 1.24 bits per heavy atom. The van der Waals surface area contributed by atoms with Crippen molar-refractivity contribution in [1.29, 1.82) is 0 Å². The Morgan fingerprint density at radius 2 is 2.03 bits per heavy atom. The van der Waals surface area contributed by atoms with Gasteiger partial charge in [-0.05, 0) is 48.5 Å². The van der Waals surface area contributed by atoms with E-state index in [1.807, 2.05) is 6.26 Å². The molecule has 0 aliphatic heterocycles. The van der Waals surface area contributed by atoms with Gasteiger partial charge in [0.25, 0.3) is 5.69 Å². The van der Waals surface area contributed by atoms with Gasteiger partial charge < -0.3 is 9.47 Å². The zero-order chi connectivity index (χ0) is 24.0. The van der Waals surface area contributed by atoms with Gasteiger partial charge in [0, 0.05) is 29.9 Å². The molecule has 1 atom stereocenters. The van der Waals surface area contributed by atoms with Gasteiger partial charge in [-0.3, -0.25) is 10.1 Å². The molecule has 0 saturated heterocycles. The quantitative estimate of drug-likeness (QED) is 0.191. The Bertz CT molecular complexity index is 1150. The minimum Gasteiger partial charge on any atom is -0.493 e. The summed E-state index contributed by atoms with van der Waals surface area (Å²) in [6.07, 6.45) is 2.85. The fourth-order valence-corrected chi connectivity index (χ4v) is 3.67. The fourth-order valence-electron chi connectivity index (χ4n) is 3.04. The van der Waals surface area contributed by atoms with E-state index in [1.165, 1.54) is 18.2 Å². The molecule has 11 heteroatoms. The number of aromatic nitrogens is 2. The van der Waals surface area contributed by atoms with Crippen molar-refractivity contribution < 1.29 is 23.2 Å². The van der Waals surface area contributed by atoms with Crippen LogP contribution in [0, 0.1) is 21.7 Å². The number of nitrogens with zero attached hydrogens (tertiary/aromatic N) is 3. The van der Waals surface area contributed by atoms with E-state index in [0.29, 0.717) is 17.9 Å². The molecule has 0 fully saturated rings. The molecule has 1 aromatic heterocycles. The van der Waals surface area contributed by atoms with E-state index in [9.17, 15) is 18.9 Å². The van der Waals surface area contributed by atoms with Crippen molar-refractivity contribution >= 4 is 29.1 Å². The standard InChI is InChI=1S/C22H20ClF2N3O4S/c1-13(32-17-8-14(12-33-2)7-16(10-17)28(29)30)5-6-31-20-9-15(24)3-4-18(20)21-19(25)11-26-22(23)27-21/h3-4,7-11,13H,5-6,12H2,1-2H3. The van der Waals surface area contributed by atoms with E-state index in [2.05, 4.69) is 9.97 Å². The minimum absolute atomic E-state index is 0.0464. The Hall–Kier alpha value is -2.98. The zero-order valence-electron chi connectivity index (χ0n) is 17.8. The maximum Gasteiger partial charge on any atom is 0.273 e. The largest absolute Gasteiger partial charge is 0.493 e. The second kappa shape index (κ2) is 11.2. The summed E-state index contributed by atoms with van der Waals surface area (Å²) >= 11 is 7.31. The number of benzene rings is 2. The number of non-ortho nitro benzene ring substituents is 1. The molecule has 3 aromatic rings. The monoisotopic (exact) mass is 495 g/mol. The van der Waals surface area contributed by atoms with Crippen LogP contribution in [0.25, 0.3) is 11.3 Å². The highest BCUT2D eigenvalue weighted by atomic mass is 35.5. The van der Waals surface area contributed by atoms with Crippen LogP contribution in [-0.2, 0) is 5.75 Å². The lowest BCUT2D eigenvalue weighted by molar-refractivity contribution is -0.385. The van der Waals surface area contributed by atoms with Crippen molar-refractivity contribution in [3.05, 3.63) is 75.2 Å². The predicted octanol–water partition coefficient (Wildman–Crippen LogP) is 6.08. The summed E-state index contributed by atoms with van der Waals surface area (Å²) in [6, 6.07) is 8.29. The number of nitro benzene ring substituents is 1. The van der Waals surface area contributed by atoms with Gasteiger partial charge in [-0.2, -0.15) is 11.8 Å². The summed E-state index contributed by atoms with van der Waals surface area (Å²) in [5.41, 5.74) is 0.861. The van der Waals surface area contributed by atoms with Crippen molar-refractivity contribution in [3.63, 3.8) is 0 Å². The molecule has 3 rings (SSSR count). The molecule has 0 saturated carbocycles. The number of halogens is 3. The topological polar surface area (TPSA) is 87.4 Å². The zero-order valence-corrected chi connectivity index (χ0v) is 19.3. The summed E-state index contributed by atoms with van der Waals surface area (Å²) in [5.74, 6) is -0.198. The average Bonchev–Trinajstić information content (AvgIpc) is 2.76. The van der Waals surface area contributed by atoms with Crippen LogP contribution in [-0.4, -0.2) is 33.9 Å². The number of hydrogen-bond donors (Lipinski definition) is 0. The molecule has 0 aliphatic rings. The molecule has 174 valence electrons. The molecule has 7 nitrogen and oxygen atoms in total. The molecule has 33 heavy (non-hydrogen) atoms. The van der Waals surface area contributed by atoms with Gasteiger partial charge >= 0.3 is 0 Å². The van der Waals surface area contributed by atoms with E-state index < -0.39 is 16.6 Å². The lowest BCUT2D eigenvalue weighted by atomic mass is 10.1. The third-order valence-electron chi connectivity index (χ3n) is 4.51. The molecule has 1 heterocycles. The van der Waals surface area contributed by atoms with E-state index in [0.717, 1.165) is 23.9 Å². The normalized spacial score (nSPS) is 11.8. The summed E-state index contributed by atoms with van der Waals surface area (Å²) in [6.45, 7) is 1.90. The average molecular weight is 496 g/mol. The molecule has 0 spiro atoms. The van der Waals surface area contributed by atoms with E-state index >= 15 is 0 Å². The Morgan fingerprint density at radius 3 is 2.76 bits per heavy atom. The van der Waals surface area contributed by atoms with Gasteiger partial charge in [-0.15, -0.1) is 0 Å². The lowest BCUT2D eigenvalue weighted by Crippen LogP contribution is -2.16. The van der Waals surface area contributed by atoms with Gasteiger partial charge in [0.1, 0.15) is 23.0 Å². The summed E-state index contributed by atoms with van der Waals surface area (Å²) in [7, 11) is 0. The molecular weight excluding hydrogens is 476 g/mol. The van der Waals surface area contributed by atoms with E-state index in [1.54, 1.807) is 24.8 Å². The number of hydrogen-bond acceptors (Lipinski definition) is 7. The fraction of sp³-hybridized carbons (Fsp3) is 0.273. The Labute approximate surface area is 198 Å². The second-order valence-corrected chi connectivity index (χ2v) is 8.27.